The molecule has 1 atom stereocenters. The number of hydrogen-bond donors (Lipinski definition) is 1. The Labute approximate surface area is 125 Å². The molecule has 4 N–H and O–H groups in total. The van der Waals surface area contributed by atoms with Crippen molar-refractivity contribution in [1.29, 1.82) is 0 Å². The minimum Gasteiger partial charge on any atom is -0.412 e. The molecule has 19 heavy (non-hydrogen) atoms. The Balaban J connectivity index is 0. The van der Waals surface area contributed by atoms with E-state index in [-0.39, 0.29) is 11.0 Å². The van der Waals surface area contributed by atoms with Crippen LogP contribution in [0.15, 0.2) is 0 Å². The fourth-order valence-corrected chi connectivity index (χ4v) is 2.51. The van der Waals surface area contributed by atoms with Gasteiger partial charge in [0.1, 0.15) is 0 Å². The predicted molar refractivity (Wildman–Crippen MR) is 87.8 cm³/mol. The molecule has 0 aliphatic rings. The first-order chi connectivity index (χ1) is 8.77. The normalized spacial score (nSPS) is 12.2. The van der Waals surface area contributed by atoms with E-state index in [9.17, 15) is 0 Å². The lowest BCUT2D eigenvalue weighted by molar-refractivity contribution is 0.534. The summed E-state index contributed by atoms with van der Waals surface area (Å²) in [5.74, 6) is 0. The summed E-state index contributed by atoms with van der Waals surface area (Å²) in [4.78, 5) is 0. The van der Waals surface area contributed by atoms with E-state index in [1.165, 1.54) is 83.5 Å². The minimum absolute atomic E-state index is 0. The maximum Gasteiger partial charge on any atom is 0.0800 e. The topological polar surface area (TPSA) is 57.5 Å². The second kappa shape index (κ2) is 18.2. The van der Waals surface area contributed by atoms with Crippen LogP contribution < -0.4 is 5.73 Å². The van der Waals surface area contributed by atoms with Crippen LogP contribution in [0.25, 0.3) is 0 Å². The highest BCUT2D eigenvalue weighted by Crippen LogP contribution is 2.13. The largest absolute Gasteiger partial charge is 0.412 e. The summed E-state index contributed by atoms with van der Waals surface area (Å²) in [6.07, 6.45) is 19.1. The van der Waals surface area contributed by atoms with Gasteiger partial charge in [-0.15, -0.1) is 11.6 Å². The molecule has 2 nitrogen and oxygen atoms in total. The van der Waals surface area contributed by atoms with Gasteiger partial charge in [0.05, 0.1) is 5.50 Å². The SMILES string of the molecule is CCCCCCCCCCCCCCCC(N)Cl.O. The van der Waals surface area contributed by atoms with E-state index in [0.29, 0.717) is 0 Å². The van der Waals surface area contributed by atoms with Gasteiger partial charge in [-0.1, -0.05) is 90.4 Å². The highest BCUT2D eigenvalue weighted by Gasteiger charge is 1.96. The molecule has 0 aromatic carbocycles. The zero-order chi connectivity index (χ0) is 13.5. The molecule has 0 saturated carbocycles. The van der Waals surface area contributed by atoms with Crippen molar-refractivity contribution < 1.29 is 5.48 Å². The summed E-state index contributed by atoms with van der Waals surface area (Å²) in [6.45, 7) is 2.28. The Hall–Kier alpha value is 0.210. The highest BCUT2D eigenvalue weighted by atomic mass is 35.5. The van der Waals surface area contributed by atoms with Crippen LogP contribution in [0.3, 0.4) is 0 Å². The maximum absolute atomic E-state index is 5.70. The summed E-state index contributed by atoms with van der Waals surface area (Å²) in [7, 11) is 0. The first-order valence-corrected chi connectivity index (χ1v) is 8.60. The van der Waals surface area contributed by atoms with Crippen LogP contribution in [-0.2, 0) is 0 Å². The van der Waals surface area contributed by atoms with Crippen molar-refractivity contribution in [2.45, 2.75) is 102 Å². The quantitative estimate of drug-likeness (QED) is 0.268. The highest BCUT2D eigenvalue weighted by molar-refractivity contribution is 6.20. The average molecular weight is 294 g/mol. The van der Waals surface area contributed by atoms with E-state index in [1.54, 1.807) is 0 Å². The molecule has 0 bridgehead atoms. The summed E-state index contributed by atoms with van der Waals surface area (Å²) in [6, 6.07) is 0. The van der Waals surface area contributed by atoms with E-state index < -0.39 is 0 Å². The zero-order valence-electron chi connectivity index (χ0n) is 12.9. The lowest BCUT2D eigenvalue weighted by Gasteiger charge is -2.04. The molecular formula is C16H36ClNO. The van der Waals surface area contributed by atoms with Crippen molar-refractivity contribution in [1.82, 2.24) is 0 Å². The van der Waals surface area contributed by atoms with Gasteiger partial charge in [0.25, 0.3) is 0 Å². The van der Waals surface area contributed by atoms with Gasteiger partial charge < -0.3 is 11.2 Å². The Morgan fingerprint density at radius 1 is 0.684 bits per heavy atom. The summed E-state index contributed by atoms with van der Waals surface area (Å²) >= 11 is 5.70. The first kappa shape index (κ1) is 21.5. The molecular weight excluding hydrogens is 258 g/mol. The molecule has 0 aromatic rings. The molecule has 0 radical (unpaired) electrons. The van der Waals surface area contributed by atoms with Crippen LogP contribution in [0.4, 0.5) is 0 Å². The third-order valence-corrected chi connectivity index (χ3v) is 3.80. The third-order valence-electron chi connectivity index (χ3n) is 3.58. The van der Waals surface area contributed by atoms with Gasteiger partial charge in [-0.05, 0) is 6.42 Å². The van der Waals surface area contributed by atoms with Crippen molar-refractivity contribution in [2.75, 3.05) is 0 Å². The Kier molecular flexibility index (Phi) is 20.6. The van der Waals surface area contributed by atoms with E-state index in [1.807, 2.05) is 0 Å². The van der Waals surface area contributed by atoms with E-state index in [2.05, 4.69) is 6.92 Å². The van der Waals surface area contributed by atoms with Crippen molar-refractivity contribution in [3.63, 3.8) is 0 Å². The summed E-state index contributed by atoms with van der Waals surface area (Å²) in [5, 5.41) is 0. The van der Waals surface area contributed by atoms with Gasteiger partial charge in [-0.25, -0.2) is 0 Å². The number of hydrogen-bond acceptors (Lipinski definition) is 1. The molecule has 1 unspecified atom stereocenters. The van der Waals surface area contributed by atoms with Crippen LogP contribution in [0, 0.1) is 0 Å². The van der Waals surface area contributed by atoms with E-state index in [4.69, 9.17) is 17.3 Å². The van der Waals surface area contributed by atoms with E-state index >= 15 is 0 Å². The van der Waals surface area contributed by atoms with Crippen LogP contribution in [0.1, 0.15) is 96.8 Å². The van der Waals surface area contributed by atoms with Gasteiger partial charge in [0.15, 0.2) is 0 Å². The molecule has 0 amide bonds. The van der Waals surface area contributed by atoms with Crippen LogP contribution in [0.5, 0.6) is 0 Å². The molecule has 0 aliphatic carbocycles. The second-order valence-corrected chi connectivity index (χ2v) is 6.11. The van der Waals surface area contributed by atoms with Gasteiger partial charge in [0, 0.05) is 0 Å². The van der Waals surface area contributed by atoms with Crippen LogP contribution in [-0.4, -0.2) is 11.0 Å². The van der Waals surface area contributed by atoms with Gasteiger partial charge in [-0.3, -0.25) is 0 Å². The van der Waals surface area contributed by atoms with Gasteiger partial charge >= 0.3 is 0 Å². The molecule has 0 aliphatic heterocycles. The number of nitrogens with two attached hydrogens (primary N) is 1. The molecule has 0 saturated heterocycles. The Bertz CT molecular complexity index is 154. The summed E-state index contributed by atoms with van der Waals surface area (Å²) < 4.78 is 0. The van der Waals surface area contributed by atoms with Gasteiger partial charge in [0.2, 0.25) is 0 Å². The second-order valence-electron chi connectivity index (χ2n) is 5.55. The Morgan fingerprint density at radius 3 is 1.32 bits per heavy atom. The monoisotopic (exact) mass is 293 g/mol. The lowest BCUT2D eigenvalue weighted by Crippen LogP contribution is -2.10. The molecule has 0 aromatic heterocycles. The van der Waals surface area contributed by atoms with Gasteiger partial charge in [-0.2, -0.15) is 0 Å². The number of halogens is 1. The van der Waals surface area contributed by atoms with Crippen molar-refractivity contribution >= 4 is 11.6 Å². The van der Waals surface area contributed by atoms with Crippen molar-refractivity contribution in [3.05, 3.63) is 0 Å². The molecule has 0 spiro atoms. The fraction of sp³-hybridized carbons (Fsp3) is 1.00. The smallest absolute Gasteiger partial charge is 0.0800 e. The number of rotatable bonds is 14. The minimum atomic E-state index is -0.127. The van der Waals surface area contributed by atoms with Crippen LogP contribution in [0.2, 0.25) is 0 Å². The number of alkyl halides is 1. The van der Waals surface area contributed by atoms with Crippen molar-refractivity contribution in [2.24, 2.45) is 5.73 Å². The number of unbranched alkanes of at least 4 members (excludes halogenated alkanes) is 12. The first-order valence-electron chi connectivity index (χ1n) is 8.17. The van der Waals surface area contributed by atoms with E-state index in [0.717, 1.165) is 6.42 Å². The lowest BCUT2D eigenvalue weighted by atomic mass is 10.0. The molecule has 0 heterocycles. The summed E-state index contributed by atoms with van der Waals surface area (Å²) in [5.41, 5.74) is 5.37. The molecule has 3 heteroatoms. The molecule has 118 valence electrons. The average Bonchev–Trinajstić information content (AvgIpc) is 2.34. The Morgan fingerprint density at radius 2 is 1.00 bits per heavy atom. The molecule has 0 rings (SSSR count). The fourth-order valence-electron chi connectivity index (χ4n) is 2.36. The zero-order valence-corrected chi connectivity index (χ0v) is 13.7. The molecule has 0 fully saturated rings. The maximum atomic E-state index is 5.70. The third kappa shape index (κ3) is 20.7. The predicted octanol–water partition coefficient (Wildman–Crippen LogP) is 5.17. The standard InChI is InChI=1S/C16H34ClN.H2O/c1-2-3-4-5-6-7-8-9-10-11-12-13-14-15-16(17)18;/h16H,2-15,18H2,1H3;1H2. The van der Waals surface area contributed by atoms with Crippen LogP contribution >= 0.6 is 11.6 Å². The van der Waals surface area contributed by atoms with Crippen molar-refractivity contribution in [3.8, 4) is 0 Å².